The molecule has 2 rings (SSSR count). The van der Waals surface area contributed by atoms with Gasteiger partial charge in [-0.3, -0.25) is 4.68 Å². The minimum absolute atomic E-state index is 0.325. The monoisotopic (exact) mass is 271 g/mol. The van der Waals surface area contributed by atoms with Gasteiger partial charge in [-0.05, 0) is 32.0 Å². The Labute approximate surface area is 118 Å². The molecule has 5 nitrogen and oxygen atoms in total. The van der Waals surface area contributed by atoms with E-state index in [-0.39, 0.29) is 0 Å². The van der Waals surface area contributed by atoms with Crippen molar-refractivity contribution in [2.45, 2.75) is 26.5 Å². The van der Waals surface area contributed by atoms with Crippen LogP contribution in [0.4, 0.5) is 0 Å². The second kappa shape index (κ2) is 6.11. The standard InChI is InChI=1S/C15H17N3O2/c1-11(2)18-5-4-13(17-18)10-20-15-7-12(9-16)6-14(8-15)19-3/h4-8,11H,10H2,1-3H3. The van der Waals surface area contributed by atoms with Gasteiger partial charge in [-0.25, -0.2) is 0 Å². The molecule has 0 fully saturated rings. The van der Waals surface area contributed by atoms with Crippen molar-refractivity contribution in [2.24, 2.45) is 0 Å². The zero-order valence-electron chi connectivity index (χ0n) is 11.8. The lowest BCUT2D eigenvalue weighted by Gasteiger charge is -2.08. The predicted molar refractivity (Wildman–Crippen MR) is 74.7 cm³/mol. The van der Waals surface area contributed by atoms with Gasteiger partial charge >= 0.3 is 0 Å². The fourth-order valence-electron chi connectivity index (χ4n) is 1.74. The number of rotatable bonds is 5. The highest BCUT2D eigenvalue weighted by Crippen LogP contribution is 2.23. The maximum absolute atomic E-state index is 8.95. The number of hydrogen-bond donors (Lipinski definition) is 0. The molecule has 0 amide bonds. The summed E-state index contributed by atoms with van der Waals surface area (Å²) >= 11 is 0. The lowest BCUT2D eigenvalue weighted by Crippen LogP contribution is -2.03. The first-order valence-corrected chi connectivity index (χ1v) is 6.38. The van der Waals surface area contributed by atoms with Gasteiger partial charge in [0.25, 0.3) is 0 Å². The van der Waals surface area contributed by atoms with Crippen LogP contribution in [-0.4, -0.2) is 16.9 Å². The fraction of sp³-hybridized carbons (Fsp3) is 0.333. The van der Waals surface area contributed by atoms with Gasteiger partial charge in [-0.15, -0.1) is 0 Å². The summed E-state index contributed by atoms with van der Waals surface area (Å²) in [6, 6.07) is 9.43. The Hall–Kier alpha value is -2.48. The molecule has 0 aliphatic heterocycles. The number of benzene rings is 1. The van der Waals surface area contributed by atoms with Gasteiger partial charge in [0.2, 0.25) is 0 Å². The molecule has 5 heteroatoms. The Bertz CT molecular complexity index is 626. The SMILES string of the molecule is COc1cc(C#N)cc(OCc2ccn(C(C)C)n2)c1. The third-order valence-corrected chi connectivity index (χ3v) is 2.82. The van der Waals surface area contributed by atoms with Crippen LogP contribution in [0, 0.1) is 11.3 Å². The third-order valence-electron chi connectivity index (χ3n) is 2.82. The van der Waals surface area contributed by atoms with Crippen molar-refractivity contribution in [2.75, 3.05) is 7.11 Å². The molecule has 0 N–H and O–H groups in total. The number of aromatic nitrogens is 2. The van der Waals surface area contributed by atoms with Crippen molar-refractivity contribution in [1.82, 2.24) is 9.78 Å². The van der Waals surface area contributed by atoms with E-state index in [9.17, 15) is 0 Å². The van der Waals surface area contributed by atoms with Gasteiger partial charge in [0.15, 0.2) is 0 Å². The maximum Gasteiger partial charge on any atom is 0.132 e. The fourth-order valence-corrected chi connectivity index (χ4v) is 1.74. The predicted octanol–water partition coefficient (Wildman–Crippen LogP) is 2.92. The molecule has 2 aromatic rings. The summed E-state index contributed by atoms with van der Waals surface area (Å²) < 4.78 is 12.7. The van der Waals surface area contributed by atoms with E-state index in [4.69, 9.17) is 14.7 Å². The molecule has 1 aromatic heterocycles. The molecule has 0 aliphatic carbocycles. The van der Waals surface area contributed by atoms with Crippen LogP contribution in [0.3, 0.4) is 0 Å². The number of nitrogens with zero attached hydrogens (tertiary/aromatic N) is 3. The van der Waals surface area contributed by atoms with Crippen LogP contribution in [0.2, 0.25) is 0 Å². The van der Waals surface area contributed by atoms with E-state index in [1.54, 1.807) is 25.3 Å². The normalized spacial score (nSPS) is 10.3. The second-order valence-corrected chi connectivity index (χ2v) is 4.68. The van der Waals surface area contributed by atoms with E-state index in [0.717, 1.165) is 5.69 Å². The van der Waals surface area contributed by atoms with E-state index in [1.165, 1.54) is 0 Å². The van der Waals surface area contributed by atoms with E-state index >= 15 is 0 Å². The highest BCUT2D eigenvalue weighted by molar-refractivity contribution is 5.43. The number of hydrogen-bond acceptors (Lipinski definition) is 4. The lowest BCUT2D eigenvalue weighted by molar-refractivity contribution is 0.296. The van der Waals surface area contributed by atoms with E-state index in [1.807, 2.05) is 16.9 Å². The molecule has 20 heavy (non-hydrogen) atoms. The molecular weight excluding hydrogens is 254 g/mol. The second-order valence-electron chi connectivity index (χ2n) is 4.68. The van der Waals surface area contributed by atoms with Gasteiger partial charge < -0.3 is 9.47 Å². The van der Waals surface area contributed by atoms with Crippen molar-refractivity contribution in [3.63, 3.8) is 0 Å². The van der Waals surface area contributed by atoms with Crippen LogP contribution in [0.25, 0.3) is 0 Å². The average molecular weight is 271 g/mol. The highest BCUT2D eigenvalue weighted by Gasteiger charge is 2.05. The van der Waals surface area contributed by atoms with Crippen molar-refractivity contribution in [3.8, 4) is 17.6 Å². The van der Waals surface area contributed by atoms with Crippen LogP contribution in [0.5, 0.6) is 11.5 Å². The summed E-state index contributed by atoms with van der Waals surface area (Å²) in [6.45, 7) is 4.50. The summed E-state index contributed by atoms with van der Waals surface area (Å²) in [5, 5.41) is 13.4. The first kappa shape index (κ1) is 13.9. The van der Waals surface area contributed by atoms with Gasteiger partial charge in [-0.1, -0.05) is 0 Å². The molecular formula is C15H17N3O2. The summed E-state index contributed by atoms with van der Waals surface area (Å²) in [4.78, 5) is 0. The number of nitriles is 1. The molecule has 0 saturated carbocycles. The van der Waals surface area contributed by atoms with Gasteiger partial charge in [0.1, 0.15) is 18.1 Å². The van der Waals surface area contributed by atoms with Gasteiger partial charge in [0, 0.05) is 18.3 Å². The number of methoxy groups -OCH3 is 1. The van der Waals surface area contributed by atoms with Crippen LogP contribution in [-0.2, 0) is 6.61 Å². The van der Waals surface area contributed by atoms with Crippen LogP contribution < -0.4 is 9.47 Å². The van der Waals surface area contributed by atoms with Crippen LogP contribution >= 0.6 is 0 Å². The van der Waals surface area contributed by atoms with Gasteiger partial charge in [0.05, 0.1) is 24.4 Å². The Morgan fingerprint density at radius 3 is 2.65 bits per heavy atom. The van der Waals surface area contributed by atoms with Crippen LogP contribution in [0.15, 0.2) is 30.5 Å². The molecule has 1 aromatic carbocycles. The van der Waals surface area contributed by atoms with E-state index in [2.05, 4.69) is 25.0 Å². The maximum atomic E-state index is 8.95. The average Bonchev–Trinajstić information content (AvgIpc) is 2.93. The zero-order chi connectivity index (χ0) is 14.5. The van der Waals surface area contributed by atoms with Crippen LogP contribution in [0.1, 0.15) is 31.1 Å². The first-order valence-electron chi connectivity index (χ1n) is 6.38. The Morgan fingerprint density at radius 2 is 2.05 bits per heavy atom. The number of ether oxygens (including phenoxy) is 2. The third kappa shape index (κ3) is 3.29. The Morgan fingerprint density at radius 1 is 1.30 bits per heavy atom. The lowest BCUT2D eigenvalue weighted by atomic mass is 10.2. The molecule has 0 spiro atoms. The Kier molecular flexibility index (Phi) is 4.26. The largest absolute Gasteiger partial charge is 0.497 e. The molecule has 1 heterocycles. The smallest absolute Gasteiger partial charge is 0.132 e. The summed E-state index contributed by atoms with van der Waals surface area (Å²) in [7, 11) is 1.56. The van der Waals surface area contributed by atoms with Crippen molar-refractivity contribution < 1.29 is 9.47 Å². The molecule has 0 saturated heterocycles. The van der Waals surface area contributed by atoms with Crippen molar-refractivity contribution >= 4 is 0 Å². The molecule has 0 atom stereocenters. The summed E-state index contributed by atoms with van der Waals surface area (Å²) in [6.07, 6.45) is 1.93. The quantitative estimate of drug-likeness (QED) is 0.839. The van der Waals surface area contributed by atoms with E-state index < -0.39 is 0 Å². The molecule has 0 bridgehead atoms. The molecule has 0 unspecified atom stereocenters. The minimum atomic E-state index is 0.325. The topological polar surface area (TPSA) is 60.1 Å². The van der Waals surface area contributed by atoms with Crippen molar-refractivity contribution in [1.29, 1.82) is 5.26 Å². The van der Waals surface area contributed by atoms with E-state index in [0.29, 0.717) is 29.7 Å². The summed E-state index contributed by atoms with van der Waals surface area (Å²) in [5.41, 5.74) is 1.35. The summed E-state index contributed by atoms with van der Waals surface area (Å²) in [5.74, 6) is 1.20. The minimum Gasteiger partial charge on any atom is -0.497 e. The highest BCUT2D eigenvalue weighted by atomic mass is 16.5. The first-order chi connectivity index (χ1) is 9.62. The van der Waals surface area contributed by atoms with Gasteiger partial charge in [-0.2, -0.15) is 10.4 Å². The molecule has 0 aliphatic rings. The zero-order valence-corrected chi connectivity index (χ0v) is 11.8. The molecule has 104 valence electrons. The molecule has 0 radical (unpaired) electrons. The Balaban J connectivity index is 2.08. The van der Waals surface area contributed by atoms with Crippen molar-refractivity contribution in [3.05, 3.63) is 41.7 Å².